The van der Waals surface area contributed by atoms with E-state index in [1.54, 1.807) is 6.92 Å². The van der Waals surface area contributed by atoms with Crippen LogP contribution in [0.2, 0.25) is 0 Å². The van der Waals surface area contributed by atoms with Crippen molar-refractivity contribution in [3.8, 4) is 0 Å². The Morgan fingerprint density at radius 2 is 0.700 bits per heavy atom. The molecule has 0 spiro atoms. The van der Waals surface area contributed by atoms with Gasteiger partial charge in [0.25, 0.3) is 5.79 Å². The standard InChI is InChI=1S/C39H77NO4.CH4O4S/c1-4-6-8-10-12-14-16-18-20-22-24-26-28-30-32-34-37(41)43-39(3,36-40)44-38(42)35-33-31-29-27-25-23-21-19-17-15-13-11-9-7-5-2;1-5-6(2,3)4/h4-36,40H2,1-3H3;1H3,(H,2,3,4). The Morgan fingerprint density at radius 3 is 0.880 bits per heavy atom. The van der Waals surface area contributed by atoms with E-state index in [-0.39, 0.29) is 18.5 Å². The van der Waals surface area contributed by atoms with Gasteiger partial charge >= 0.3 is 22.3 Å². The molecule has 0 aliphatic heterocycles. The number of hydrogen-bond donors (Lipinski definition) is 2. The molecular weight excluding hydrogens is 655 g/mol. The van der Waals surface area contributed by atoms with Gasteiger partial charge in [0.15, 0.2) is 0 Å². The van der Waals surface area contributed by atoms with E-state index in [1.807, 2.05) is 0 Å². The highest BCUT2D eigenvalue weighted by atomic mass is 32.3. The van der Waals surface area contributed by atoms with E-state index in [4.69, 9.17) is 19.8 Å². The van der Waals surface area contributed by atoms with Crippen LogP contribution in [0.25, 0.3) is 0 Å². The molecular formula is C40H81NO8S. The number of carbonyl (C=O) groups is 2. The van der Waals surface area contributed by atoms with Crippen LogP contribution in [0, 0.1) is 0 Å². The molecule has 0 unspecified atom stereocenters. The van der Waals surface area contributed by atoms with Crippen LogP contribution in [0.15, 0.2) is 0 Å². The number of nitrogens with two attached hydrogens (primary N) is 1. The lowest BCUT2D eigenvalue weighted by Crippen LogP contribution is -2.43. The molecule has 0 rings (SSSR count). The van der Waals surface area contributed by atoms with Gasteiger partial charge in [0.05, 0.1) is 13.7 Å². The number of esters is 2. The van der Waals surface area contributed by atoms with Crippen molar-refractivity contribution in [1.29, 1.82) is 0 Å². The maximum absolute atomic E-state index is 12.4. The number of rotatable bonds is 36. The number of carbonyl (C=O) groups excluding carboxylic acids is 2. The van der Waals surface area contributed by atoms with Crippen molar-refractivity contribution in [3.05, 3.63) is 0 Å². The summed E-state index contributed by atoms with van der Waals surface area (Å²) in [5.74, 6) is -2.01. The van der Waals surface area contributed by atoms with Crippen LogP contribution < -0.4 is 5.73 Å². The minimum atomic E-state index is -4.16. The number of unbranched alkanes of at least 4 members (excludes halogenated alkanes) is 28. The topological polar surface area (TPSA) is 142 Å². The van der Waals surface area contributed by atoms with Crippen LogP contribution in [0.3, 0.4) is 0 Å². The maximum Gasteiger partial charge on any atom is 0.397 e. The van der Waals surface area contributed by atoms with Crippen molar-refractivity contribution < 1.29 is 36.2 Å². The molecule has 3 N–H and O–H groups in total. The fourth-order valence-corrected chi connectivity index (χ4v) is 5.97. The molecule has 300 valence electrons. The Morgan fingerprint density at radius 1 is 0.500 bits per heavy atom. The highest BCUT2D eigenvalue weighted by Gasteiger charge is 2.31. The highest BCUT2D eigenvalue weighted by Crippen LogP contribution is 2.18. The van der Waals surface area contributed by atoms with Crippen LogP contribution in [-0.4, -0.2) is 44.4 Å². The van der Waals surface area contributed by atoms with Gasteiger partial charge < -0.3 is 15.2 Å². The third kappa shape index (κ3) is 41.2. The fourth-order valence-electron chi connectivity index (χ4n) is 5.97. The van der Waals surface area contributed by atoms with E-state index in [1.165, 1.54) is 154 Å². The normalized spacial score (nSPS) is 11.6. The Kier molecular flexibility index (Phi) is 38.2. The lowest BCUT2D eigenvalue weighted by molar-refractivity contribution is -0.219. The van der Waals surface area contributed by atoms with Crippen molar-refractivity contribution in [2.24, 2.45) is 5.73 Å². The van der Waals surface area contributed by atoms with Gasteiger partial charge in [-0.2, -0.15) is 8.42 Å². The van der Waals surface area contributed by atoms with E-state index in [9.17, 15) is 18.0 Å². The second-order valence-corrected chi connectivity index (χ2v) is 15.5. The molecule has 50 heavy (non-hydrogen) atoms. The summed E-state index contributed by atoms with van der Waals surface area (Å²) in [5.41, 5.74) is 5.82. The first kappa shape index (κ1) is 50.9. The summed E-state index contributed by atoms with van der Waals surface area (Å²) in [6.07, 6.45) is 39.4. The lowest BCUT2D eigenvalue weighted by Gasteiger charge is -2.27. The minimum Gasteiger partial charge on any atom is -0.421 e. The molecule has 0 bridgehead atoms. The highest BCUT2D eigenvalue weighted by molar-refractivity contribution is 7.80. The molecule has 9 nitrogen and oxygen atoms in total. The molecule has 0 saturated heterocycles. The predicted octanol–water partition coefficient (Wildman–Crippen LogP) is 11.7. The first-order chi connectivity index (χ1) is 24.0. The zero-order chi connectivity index (χ0) is 37.6. The van der Waals surface area contributed by atoms with Crippen LogP contribution >= 0.6 is 0 Å². The van der Waals surface area contributed by atoms with Gasteiger partial charge in [-0.15, -0.1) is 0 Å². The number of ether oxygens (including phenoxy) is 2. The third-order valence-electron chi connectivity index (χ3n) is 9.21. The third-order valence-corrected chi connectivity index (χ3v) is 9.63. The first-order valence-electron chi connectivity index (χ1n) is 20.7. The number of hydrogen-bond acceptors (Lipinski definition) is 8. The molecule has 0 aromatic rings. The second-order valence-electron chi connectivity index (χ2n) is 14.3. The summed E-state index contributed by atoms with van der Waals surface area (Å²) in [6.45, 7) is 6.12. The quantitative estimate of drug-likeness (QED) is 0.0278. The van der Waals surface area contributed by atoms with Crippen molar-refractivity contribution in [3.63, 3.8) is 0 Å². The van der Waals surface area contributed by atoms with Gasteiger partial charge in [-0.25, -0.2) is 0 Å². The van der Waals surface area contributed by atoms with Gasteiger partial charge in [0, 0.05) is 19.8 Å². The van der Waals surface area contributed by atoms with E-state index in [2.05, 4.69) is 18.0 Å². The van der Waals surface area contributed by atoms with E-state index in [0.717, 1.165) is 45.6 Å². The molecule has 0 atom stereocenters. The van der Waals surface area contributed by atoms with Crippen molar-refractivity contribution in [2.45, 2.75) is 232 Å². The predicted molar refractivity (Wildman–Crippen MR) is 207 cm³/mol. The smallest absolute Gasteiger partial charge is 0.397 e. The fraction of sp³-hybridized carbons (Fsp3) is 0.950. The Balaban J connectivity index is 0. The minimum absolute atomic E-state index is 0.0256. The summed E-state index contributed by atoms with van der Waals surface area (Å²) in [4.78, 5) is 24.7. The van der Waals surface area contributed by atoms with Crippen LogP contribution in [0.1, 0.15) is 226 Å². The Bertz CT molecular complexity index is 804. The Labute approximate surface area is 309 Å². The summed E-state index contributed by atoms with van der Waals surface area (Å²) in [5, 5.41) is 0. The van der Waals surface area contributed by atoms with Gasteiger partial charge in [0.1, 0.15) is 0 Å². The molecule has 0 amide bonds. The summed E-state index contributed by atoms with van der Waals surface area (Å²) < 4.78 is 40.7. The molecule has 0 aromatic heterocycles. The average Bonchev–Trinajstić information content (AvgIpc) is 3.08. The van der Waals surface area contributed by atoms with Crippen LogP contribution in [0.4, 0.5) is 0 Å². The van der Waals surface area contributed by atoms with E-state index < -0.39 is 16.2 Å². The summed E-state index contributed by atoms with van der Waals surface area (Å²) in [6, 6.07) is 0. The first-order valence-corrected chi connectivity index (χ1v) is 22.1. The maximum atomic E-state index is 12.4. The molecule has 0 heterocycles. The van der Waals surface area contributed by atoms with E-state index >= 15 is 0 Å². The van der Waals surface area contributed by atoms with Crippen LogP contribution in [0.5, 0.6) is 0 Å². The molecule has 0 saturated carbocycles. The zero-order valence-electron chi connectivity index (χ0n) is 33.1. The van der Waals surface area contributed by atoms with Gasteiger partial charge in [-0.3, -0.25) is 18.3 Å². The molecule has 0 aromatic carbocycles. The van der Waals surface area contributed by atoms with Gasteiger partial charge in [-0.05, 0) is 12.8 Å². The van der Waals surface area contributed by atoms with Gasteiger partial charge in [-0.1, -0.05) is 194 Å². The Hall–Kier alpha value is -1.23. The van der Waals surface area contributed by atoms with Crippen molar-refractivity contribution in [1.82, 2.24) is 0 Å². The molecule has 0 aliphatic rings. The van der Waals surface area contributed by atoms with E-state index in [0.29, 0.717) is 12.8 Å². The average molecular weight is 736 g/mol. The summed E-state index contributed by atoms with van der Waals surface area (Å²) in [7, 11) is -3.29. The SMILES string of the molecule is CCCCCCCCCCCCCCCCCC(=O)OC(C)(CN)OC(=O)CCCCCCCCCCCCCCCCC.COS(=O)(=O)O. The summed E-state index contributed by atoms with van der Waals surface area (Å²) >= 11 is 0. The largest absolute Gasteiger partial charge is 0.421 e. The molecule has 0 fully saturated rings. The van der Waals surface area contributed by atoms with Gasteiger partial charge in [0.2, 0.25) is 0 Å². The van der Waals surface area contributed by atoms with Crippen LogP contribution in [-0.2, 0) is 33.6 Å². The van der Waals surface area contributed by atoms with Crippen molar-refractivity contribution >= 4 is 22.3 Å². The second kappa shape index (κ2) is 37.5. The lowest BCUT2D eigenvalue weighted by atomic mass is 10.0. The molecule has 0 aliphatic carbocycles. The monoisotopic (exact) mass is 736 g/mol. The zero-order valence-corrected chi connectivity index (χ0v) is 33.9. The molecule has 0 radical (unpaired) electrons. The van der Waals surface area contributed by atoms with Crippen molar-refractivity contribution in [2.75, 3.05) is 13.7 Å². The molecule has 10 heteroatoms.